The van der Waals surface area contributed by atoms with Crippen LogP contribution in [-0.2, 0) is 11.3 Å². The average Bonchev–Trinajstić information content (AvgIpc) is 2.99. The second-order valence-corrected chi connectivity index (χ2v) is 5.82. The molecule has 2 rings (SSSR count). The van der Waals surface area contributed by atoms with E-state index in [4.69, 9.17) is 10.5 Å². The Bertz CT molecular complexity index is 452. The fourth-order valence-corrected chi connectivity index (χ4v) is 2.90. The average molecular weight is 305 g/mol. The Hall–Kier alpha value is -1.59. The van der Waals surface area contributed by atoms with Crippen LogP contribution in [0.1, 0.15) is 18.9 Å². The number of nitrogens with zero attached hydrogens (tertiary/aromatic N) is 2. The number of hydrogen-bond donors (Lipinski definition) is 1. The highest BCUT2D eigenvalue weighted by molar-refractivity contribution is 5.67. The molecule has 0 aliphatic carbocycles. The van der Waals surface area contributed by atoms with E-state index in [-0.39, 0.29) is 6.09 Å². The lowest BCUT2D eigenvalue weighted by Crippen LogP contribution is -2.37. The van der Waals surface area contributed by atoms with Crippen molar-refractivity contribution in [2.24, 2.45) is 11.7 Å². The van der Waals surface area contributed by atoms with Crippen molar-refractivity contribution in [1.82, 2.24) is 9.80 Å². The first-order valence-electron chi connectivity index (χ1n) is 8.11. The molecule has 2 N–H and O–H groups in total. The Kier molecular flexibility index (Phi) is 6.68. The van der Waals surface area contributed by atoms with E-state index in [0.29, 0.717) is 25.6 Å². The summed E-state index contributed by atoms with van der Waals surface area (Å²) in [6, 6.07) is 9.78. The number of benzene rings is 1. The predicted molar refractivity (Wildman–Crippen MR) is 87.5 cm³/mol. The van der Waals surface area contributed by atoms with Gasteiger partial charge >= 0.3 is 6.09 Å². The molecule has 1 atom stereocenters. The molecule has 1 aromatic rings. The van der Waals surface area contributed by atoms with E-state index in [9.17, 15) is 4.79 Å². The van der Waals surface area contributed by atoms with Gasteiger partial charge in [-0.2, -0.15) is 0 Å². The number of carbonyl (C=O) groups is 1. The number of nitrogens with two attached hydrogens (primary N) is 1. The zero-order valence-corrected chi connectivity index (χ0v) is 13.4. The summed E-state index contributed by atoms with van der Waals surface area (Å²) in [6.07, 6.45) is 0.909. The highest BCUT2D eigenvalue weighted by Crippen LogP contribution is 2.17. The fraction of sp³-hybridized carbons (Fsp3) is 0.588. The van der Waals surface area contributed by atoms with E-state index in [2.05, 4.69) is 4.90 Å². The summed E-state index contributed by atoms with van der Waals surface area (Å²) in [5, 5.41) is 0. The minimum absolute atomic E-state index is 0.219. The van der Waals surface area contributed by atoms with Crippen molar-refractivity contribution < 1.29 is 9.53 Å². The smallest absolute Gasteiger partial charge is 0.410 e. The van der Waals surface area contributed by atoms with Gasteiger partial charge in [-0.05, 0) is 31.4 Å². The van der Waals surface area contributed by atoms with Crippen LogP contribution in [0.4, 0.5) is 4.79 Å². The van der Waals surface area contributed by atoms with E-state index >= 15 is 0 Å². The highest BCUT2D eigenvalue weighted by atomic mass is 16.6. The molecule has 0 aromatic heterocycles. The Morgan fingerprint density at radius 3 is 2.86 bits per heavy atom. The molecule has 5 nitrogen and oxygen atoms in total. The molecule has 1 aliphatic rings. The molecule has 0 spiro atoms. The van der Waals surface area contributed by atoms with Crippen LogP contribution >= 0.6 is 0 Å². The standard InChI is InChI=1S/C17H27N3O2/c1-2-20(13-16-8-10-19(12-16)11-9-18)17(21)22-14-15-6-4-3-5-7-15/h3-7,16H,2,8-14,18H2,1H3/t16-/m0/s1. The molecule has 0 unspecified atom stereocenters. The molecule has 122 valence electrons. The number of rotatable bonds is 7. The summed E-state index contributed by atoms with van der Waals surface area (Å²) >= 11 is 0. The van der Waals surface area contributed by atoms with E-state index in [0.717, 1.165) is 38.2 Å². The normalized spacial score (nSPS) is 18.4. The first kappa shape index (κ1) is 16.8. The van der Waals surface area contributed by atoms with Crippen molar-refractivity contribution in [2.45, 2.75) is 20.0 Å². The van der Waals surface area contributed by atoms with Crippen LogP contribution in [0, 0.1) is 5.92 Å². The molecule has 1 aliphatic heterocycles. The summed E-state index contributed by atoms with van der Waals surface area (Å²) in [6.45, 7) is 7.53. The second-order valence-electron chi connectivity index (χ2n) is 5.82. The van der Waals surface area contributed by atoms with Crippen LogP contribution in [0.25, 0.3) is 0 Å². The predicted octanol–water partition coefficient (Wildman–Crippen LogP) is 1.93. The molecular formula is C17H27N3O2. The summed E-state index contributed by atoms with van der Waals surface area (Å²) in [5.74, 6) is 0.524. The van der Waals surface area contributed by atoms with Crippen molar-refractivity contribution >= 4 is 6.09 Å². The van der Waals surface area contributed by atoms with Gasteiger partial charge < -0.3 is 20.3 Å². The Morgan fingerprint density at radius 2 is 2.18 bits per heavy atom. The SMILES string of the molecule is CCN(C[C@H]1CCN(CCN)C1)C(=O)OCc1ccccc1. The fourth-order valence-electron chi connectivity index (χ4n) is 2.90. The highest BCUT2D eigenvalue weighted by Gasteiger charge is 2.25. The van der Waals surface area contributed by atoms with Crippen molar-refractivity contribution in [2.75, 3.05) is 39.3 Å². The largest absolute Gasteiger partial charge is 0.445 e. The minimum Gasteiger partial charge on any atom is -0.445 e. The number of ether oxygens (including phenoxy) is 1. The van der Waals surface area contributed by atoms with E-state index in [1.807, 2.05) is 37.3 Å². The number of hydrogen-bond acceptors (Lipinski definition) is 4. The summed E-state index contributed by atoms with van der Waals surface area (Å²) in [7, 11) is 0. The minimum atomic E-state index is -0.219. The Labute approximate surface area is 133 Å². The number of likely N-dealkylation sites (tertiary alicyclic amines) is 1. The van der Waals surface area contributed by atoms with Gasteiger partial charge in [-0.25, -0.2) is 4.79 Å². The van der Waals surface area contributed by atoms with Crippen LogP contribution in [0.15, 0.2) is 30.3 Å². The van der Waals surface area contributed by atoms with Gasteiger partial charge in [-0.1, -0.05) is 30.3 Å². The van der Waals surface area contributed by atoms with Crippen LogP contribution in [0.3, 0.4) is 0 Å². The van der Waals surface area contributed by atoms with Crippen LogP contribution in [-0.4, -0.2) is 55.2 Å². The Morgan fingerprint density at radius 1 is 1.41 bits per heavy atom. The number of amides is 1. The van der Waals surface area contributed by atoms with Gasteiger partial charge in [0.25, 0.3) is 0 Å². The van der Waals surface area contributed by atoms with Crippen LogP contribution < -0.4 is 5.73 Å². The van der Waals surface area contributed by atoms with Gasteiger partial charge in [0.1, 0.15) is 6.61 Å². The maximum absolute atomic E-state index is 12.2. The molecule has 0 saturated carbocycles. The van der Waals surface area contributed by atoms with Gasteiger partial charge in [-0.15, -0.1) is 0 Å². The first-order chi connectivity index (χ1) is 10.7. The lowest BCUT2D eigenvalue weighted by atomic mass is 10.1. The molecule has 1 amide bonds. The van der Waals surface area contributed by atoms with Crippen LogP contribution in [0.2, 0.25) is 0 Å². The lowest BCUT2D eigenvalue weighted by Gasteiger charge is -2.24. The van der Waals surface area contributed by atoms with Crippen molar-refractivity contribution in [3.05, 3.63) is 35.9 Å². The van der Waals surface area contributed by atoms with Gasteiger partial charge in [0.05, 0.1) is 0 Å². The van der Waals surface area contributed by atoms with Gasteiger partial charge in [-0.3, -0.25) is 0 Å². The molecule has 1 aromatic carbocycles. The summed E-state index contributed by atoms with van der Waals surface area (Å²) in [4.78, 5) is 16.4. The van der Waals surface area contributed by atoms with Crippen molar-refractivity contribution in [1.29, 1.82) is 0 Å². The maximum Gasteiger partial charge on any atom is 0.410 e. The van der Waals surface area contributed by atoms with E-state index in [1.165, 1.54) is 0 Å². The third-order valence-corrected chi connectivity index (χ3v) is 4.14. The monoisotopic (exact) mass is 305 g/mol. The number of carbonyl (C=O) groups excluding carboxylic acids is 1. The lowest BCUT2D eigenvalue weighted by molar-refractivity contribution is 0.0925. The van der Waals surface area contributed by atoms with Gasteiger partial charge in [0, 0.05) is 32.7 Å². The molecule has 0 bridgehead atoms. The van der Waals surface area contributed by atoms with Crippen molar-refractivity contribution in [3.63, 3.8) is 0 Å². The molecule has 1 heterocycles. The first-order valence-corrected chi connectivity index (χ1v) is 8.11. The maximum atomic E-state index is 12.2. The summed E-state index contributed by atoms with van der Waals surface area (Å²) in [5.41, 5.74) is 6.61. The van der Waals surface area contributed by atoms with Crippen molar-refractivity contribution in [3.8, 4) is 0 Å². The third-order valence-electron chi connectivity index (χ3n) is 4.14. The zero-order valence-electron chi connectivity index (χ0n) is 13.4. The molecule has 1 saturated heterocycles. The van der Waals surface area contributed by atoms with Gasteiger partial charge in [0.2, 0.25) is 0 Å². The molecular weight excluding hydrogens is 278 g/mol. The molecule has 0 radical (unpaired) electrons. The zero-order chi connectivity index (χ0) is 15.8. The molecule has 1 fully saturated rings. The quantitative estimate of drug-likeness (QED) is 0.836. The van der Waals surface area contributed by atoms with Crippen LogP contribution in [0.5, 0.6) is 0 Å². The summed E-state index contributed by atoms with van der Waals surface area (Å²) < 4.78 is 5.42. The van der Waals surface area contributed by atoms with E-state index in [1.54, 1.807) is 4.90 Å². The molecule has 5 heteroatoms. The van der Waals surface area contributed by atoms with E-state index < -0.39 is 0 Å². The molecule has 22 heavy (non-hydrogen) atoms. The second kappa shape index (κ2) is 8.76. The topological polar surface area (TPSA) is 58.8 Å². The van der Waals surface area contributed by atoms with Gasteiger partial charge in [0.15, 0.2) is 0 Å². The third kappa shape index (κ3) is 5.00. The Balaban J connectivity index is 1.77.